The van der Waals surface area contributed by atoms with Crippen LogP contribution in [0, 0.1) is 5.92 Å². The van der Waals surface area contributed by atoms with Crippen molar-refractivity contribution in [1.82, 2.24) is 0 Å². The first-order chi connectivity index (χ1) is 8.45. The topological polar surface area (TPSA) is 63.6 Å². The predicted molar refractivity (Wildman–Crippen MR) is 73.9 cm³/mol. The van der Waals surface area contributed by atoms with Crippen molar-refractivity contribution < 1.29 is 17.2 Å². The van der Waals surface area contributed by atoms with Gasteiger partial charge >= 0.3 is 10.4 Å². The van der Waals surface area contributed by atoms with Crippen molar-refractivity contribution in [3.8, 4) is 0 Å². The van der Waals surface area contributed by atoms with Crippen molar-refractivity contribution in [1.29, 1.82) is 0 Å². The Hall–Kier alpha value is -0.130. The molecule has 0 aromatic heterocycles. The predicted octanol–water partition coefficient (Wildman–Crippen LogP) is 3.97. The highest BCUT2D eigenvalue weighted by Crippen LogP contribution is 2.15. The Bertz CT molecular complexity index is 275. The van der Waals surface area contributed by atoms with E-state index in [2.05, 4.69) is 18.0 Å². The second-order valence-corrected chi connectivity index (χ2v) is 6.14. The fraction of sp³-hybridized carbons (Fsp3) is 1.00. The Morgan fingerprint density at radius 3 is 2.11 bits per heavy atom. The monoisotopic (exact) mass is 280 g/mol. The lowest BCUT2D eigenvalue weighted by Gasteiger charge is -2.09. The van der Waals surface area contributed by atoms with E-state index in [0.29, 0.717) is 6.42 Å². The summed E-state index contributed by atoms with van der Waals surface area (Å²) in [5.41, 5.74) is 0. The first-order valence-electron chi connectivity index (χ1n) is 7.07. The molecule has 0 aliphatic carbocycles. The second kappa shape index (κ2) is 10.8. The van der Waals surface area contributed by atoms with Gasteiger partial charge in [-0.25, -0.2) is 4.18 Å². The lowest BCUT2D eigenvalue weighted by atomic mass is 9.98. The first kappa shape index (κ1) is 17.9. The summed E-state index contributed by atoms with van der Waals surface area (Å²) in [6, 6.07) is 0. The van der Waals surface area contributed by atoms with Gasteiger partial charge in [0.25, 0.3) is 0 Å². The van der Waals surface area contributed by atoms with Crippen molar-refractivity contribution in [2.24, 2.45) is 5.92 Å². The van der Waals surface area contributed by atoms with E-state index >= 15 is 0 Å². The van der Waals surface area contributed by atoms with Crippen LogP contribution in [0.3, 0.4) is 0 Å². The zero-order valence-corrected chi connectivity index (χ0v) is 12.5. The summed E-state index contributed by atoms with van der Waals surface area (Å²) < 4.78 is 33.1. The van der Waals surface area contributed by atoms with Gasteiger partial charge in [0.15, 0.2) is 0 Å². The van der Waals surface area contributed by atoms with Crippen LogP contribution >= 0.6 is 0 Å². The van der Waals surface area contributed by atoms with E-state index in [1.165, 1.54) is 38.5 Å². The Kier molecular flexibility index (Phi) is 10.7. The number of hydrogen-bond acceptors (Lipinski definition) is 3. The van der Waals surface area contributed by atoms with Gasteiger partial charge in [0.1, 0.15) is 0 Å². The van der Waals surface area contributed by atoms with E-state index in [1.54, 1.807) is 0 Å². The van der Waals surface area contributed by atoms with Crippen molar-refractivity contribution in [3.63, 3.8) is 0 Å². The van der Waals surface area contributed by atoms with Crippen molar-refractivity contribution in [2.45, 2.75) is 71.6 Å². The number of rotatable bonds is 12. The molecule has 0 fully saturated rings. The van der Waals surface area contributed by atoms with Gasteiger partial charge in [-0.3, -0.25) is 4.55 Å². The summed E-state index contributed by atoms with van der Waals surface area (Å²) in [6.07, 6.45) is 10.4. The Balaban J connectivity index is 3.17. The zero-order valence-electron chi connectivity index (χ0n) is 11.7. The van der Waals surface area contributed by atoms with Gasteiger partial charge in [0.2, 0.25) is 0 Å². The first-order valence-corrected chi connectivity index (χ1v) is 8.44. The molecular formula is C13H28O4S. The van der Waals surface area contributed by atoms with Crippen LogP contribution in [-0.4, -0.2) is 19.6 Å². The number of hydrogen-bond donors (Lipinski definition) is 1. The van der Waals surface area contributed by atoms with Crippen LogP contribution in [0.15, 0.2) is 0 Å². The van der Waals surface area contributed by atoms with E-state index in [4.69, 9.17) is 4.55 Å². The minimum atomic E-state index is -4.24. The van der Waals surface area contributed by atoms with E-state index < -0.39 is 10.4 Å². The van der Waals surface area contributed by atoms with Gasteiger partial charge in [-0.15, -0.1) is 0 Å². The third kappa shape index (κ3) is 13.9. The van der Waals surface area contributed by atoms with Crippen molar-refractivity contribution in [2.75, 3.05) is 6.61 Å². The summed E-state index contributed by atoms with van der Waals surface area (Å²) in [4.78, 5) is 0. The summed E-state index contributed by atoms with van der Waals surface area (Å²) >= 11 is 0. The molecule has 0 bridgehead atoms. The van der Waals surface area contributed by atoms with Crippen LogP contribution in [0.5, 0.6) is 0 Å². The van der Waals surface area contributed by atoms with Gasteiger partial charge < -0.3 is 0 Å². The highest BCUT2D eigenvalue weighted by molar-refractivity contribution is 7.80. The van der Waals surface area contributed by atoms with Crippen LogP contribution in [0.25, 0.3) is 0 Å². The van der Waals surface area contributed by atoms with Gasteiger partial charge in [-0.2, -0.15) is 8.42 Å². The SMILES string of the molecule is CCCC(C)CCCCCCCCOS(=O)(=O)O. The third-order valence-corrected chi connectivity index (χ3v) is 3.57. The quantitative estimate of drug-likeness (QED) is 0.434. The minimum absolute atomic E-state index is 0.0897. The van der Waals surface area contributed by atoms with Crippen LogP contribution in [0.2, 0.25) is 0 Å². The molecule has 0 aliphatic rings. The molecule has 5 heteroatoms. The van der Waals surface area contributed by atoms with Crippen molar-refractivity contribution >= 4 is 10.4 Å². The Morgan fingerprint density at radius 2 is 1.56 bits per heavy atom. The summed E-state index contributed by atoms with van der Waals surface area (Å²) in [5.74, 6) is 0.846. The molecule has 0 radical (unpaired) electrons. The maximum absolute atomic E-state index is 10.3. The largest absolute Gasteiger partial charge is 0.397 e. The van der Waals surface area contributed by atoms with Crippen molar-refractivity contribution in [3.05, 3.63) is 0 Å². The van der Waals surface area contributed by atoms with E-state index in [0.717, 1.165) is 18.8 Å². The molecule has 110 valence electrons. The molecule has 0 saturated carbocycles. The molecule has 0 aromatic rings. The lowest BCUT2D eigenvalue weighted by molar-refractivity contribution is 0.261. The summed E-state index contributed by atoms with van der Waals surface area (Å²) in [6.45, 7) is 4.63. The smallest absolute Gasteiger partial charge is 0.264 e. The molecule has 4 nitrogen and oxygen atoms in total. The fourth-order valence-corrected chi connectivity index (χ4v) is 2.43. The zero-order chi connectivity index (χ0) is 13.9. The minimum Gasteiger partial charge on any atom is -0.264 e. The molecule has 0 aromatic carbocycles. The normalized spacial score (nSPS) is 13.7. The molecule has 0 saturated heterocycles. The Labute approximate surface area is 112 Å². The van der Waals surface area contributed by atoms with Gasteiger partial charge in [-0.05, 0) is 12.3 Å². The highest BCUT2D eigenvalue weighted by Gasteiger charge is 2.03. The second-order valence-electron chi connectivity index (χ2n) is 5.05. The molecule has 0 aliphatic heterocycles. The maximum Gasteiger partial charge on any atom is 0.397 e. The molecule has 1 unspecified atom stereocenters. The molecule has 0 amide bonds. The van der Waals surface area contributed by atoms with E-state index in [9.17, 15) is 8.42 Å². The lowest BCUT2D eigenvalue weighted by Crippen LogP contribution is -2.04. The molecule has 0 rings (SSSR count). The third-order valence-electron chi connectivity index (χ3n) is 3.10. The summed E-state index contributed by atoms with van der Waals surface area (Å²) in [7, 11) is -4.24. The van der Waals surface area contributed by atoms with E-state index in [1.807, 2.05) is 0 Å². The standard InChI is InChI=1S/C13H28O4S/c1-3-10-13(2)11-8-6-4-5-7-9-12-17-18(14,15)16/h13H,3-12H2,1-2H3,(H,14,15,16). The molecular weight excluding hydrogens is 252 g/mol. The van der Waals surface area contributed by atoms with Crippen LogP contribution in [0.1, 0.15) is 71.6 Å². The molecule has 0 spiro atoms. The molecule has 18 heavy (non-hydrogen) atoms. The van der Waals surface area contributed by atoms with Gasteiger partial charge in [0.05, 0.1) is 6.61 Å². The average Bonchev–Trinajstić information content (AvgIpc) is 2.25. The highest BCUT2D eigenvalue weighted by atomic mass is 32.3. The Morgan fingerprint density at radius 1 is 1.00 bits per heavy atom. The molecule has 0 heterocycles. The van der Waals surface area contributed by atoms with Gasteiger partial charge in [-0.1, -0.05) is 65.2 Å². The van der Waals surface area contributed by atoms with Crippen LogP contribution < -0.4 is 0 Å². The maximum atomic E-state index is 10.3. The summed E-state index contributed by atoms with van der Waals surface area (Å²) in [5, 5.41) is 0. The molecule has 1 N–H and O–H groups in total. The van der Waals surface area contributed by atoms with Crippen LogP contribution in [0.4, 0.5) is 0 Å². The van der Waals surface area contributed by atoms with Gasteiger partial charge in [0, 0.05) is 0 Å². The van der Waals surface area contributed by atoms with Crippen LogP contribution in [-0.2, 0) is 14.6 Å². The average molecular weight is 280 g/mol. The molecule has 1 atom stereocenters. The fourth-order valence-electron chi connectivity index (χ4n) is 2.10. The number of unbranched alkanes of at least 4 members (excludes halogenated alkanes) is 5. The van der Waals surface area contributed by atoms with E-state index in [-0.39, 0.29) is 6.61 Å².